The average molecular weight is 216 g/mol. The summed E-state index contributed by atoms with van der Waals surface area (Å²) in [4.78, 5) is 2.39. The minimum absolute atomic E-state index is 0.685. The maximum atomic E-state index is 5.45. The molecule has 1 N–H and O–H groups in total. The topological polar surface area (TPSA) is 33.7 Å². The van der Waals surface area contributed by atoms with Crippen LogP contribution in [0, 0.1) is 0 Å². The van der Waals surface area contributed by atoms with Crippen molar-refractivity contribution in [1.82, 2.24) is 10.2 Å². The van der Waals surface area contributed by atoms with Gasteiger partial charge in [0.05, 0.1) is 19.8 Å². The van der Waals surface area contributed by atoms with Gasteiger partial charge in [0.25, 0.3) is 0 Å². The number of methoxy groups -OCH3 is 1. The van der Waals surface area contributed by atoms with E-state index < -0.39 is 0 Å². The summed E-state index contributed by atoms with van der Waals surface area (Å²) in [7, 11) is 3.88. The summed E-state index contributed by atoms with van der Waals surface area (Å²) < 4.78 is 10.4. The van der Waals surface area contributed by atoms with Gasteiger partial charge in [0.15, 0.2) is 0 Å². The van der Waals surface area contributed by atoms with Crippen molar-refractivity contribution in [3.8, 4) is 0 Å². The molecule has 0 bridgehead atoms. The van der Waals surface area contributed by atoms with Gasteiger partial charge >= 0.3 is 0 Å². The van der Waals surface area contributed by atoms with Gasteiger partial charge in [0, 0.05) is 26.2 Å². The van der Waals surface area contributed by atoms with Crippen molar-refractivity contribution in [2.24, 2.45) is 0 Å². The second-order valence-corrected chi connectivity index (χ2v) is 4.09. The number of rotatable bonds is 7. The van der Waals surface area contributed by atoms with Crippen LogP contribution in [0.5, 0.6) is 0 Å². The molecule has 1 saturated heterocycles. The minimum atomic E-state index is 0.685. The molecule has 90 valence electrons. The highest BCUT2D eigenvalue weighted by Crippen LogP contribution is 2.07. The third-order valence-corrected chi connectivity index (χ3v) is 2.91. The largest absolute Gasteiger partial charge is 0.382 e. The first-order chi connectivity index (χ1) is 7.34. The molecule has 0 aromatic rings. The summed E-state index contributed by atoms with van der Waals surface area (Å²) in [5.41, 5.74) is 0. The molecule has 0 aromatic heterocycles. The first-order valence-electron chi connectivity index (χ1n) is 5.82. The number of nitrogens with one attached hydrogen (secondary N) is 1. The van der Waals surface area contributed by atoms with E-state index in [0.29, 0.717) is 19.3 Å². The molecule has 1 rings (SSSR count). The Labute approximate surface area is 92.9 Å². The summed E-state index contributed by atoms with van der Waals surface area (Å²) >= 11 is 0. The molecule has 0 amide bonds. The zero-order chi connectivity index (χ0) is 10.9. The van der Waals surface area contributed by atoms with Crippen LogP contribution in [0.25, 0.3) is 0 Å². The zero-order valence-electron chi connectivity index (χ0n) is 10.00. The molecule has 0 spiro atoms. The van der Waals surface area contributed by atoms with Gasteiger partial charge in [-0.25, -0.2) is 0 Å². The molecule has 1 aliphatic heterocycles. The first-order valence-corrected chi connectivity index (χ1v) is 5.82. The predicted molar refractivity (Wildman–Crippen MR) is 61.2 cm³/mol. The maximum Gasteiger partial charge on any atom is 0.0700 e. The molecule has 15 heavy (non-hydrogen) atoms. The molecule has 0 aliphatic carbocycles. The molecule has 1 fully saturated rings. The van der Waals surface area contributed by atoms with E-state index in [-0.39, 0.29) is 0 Å². The summed E-state index contributed by atoms with van der Waals surface area (Å²) in [5.74, 6) is 0. The number of nitrogens with zero attached hydrogens (tertiary/aromatic N) is 1. The van der Waals surface area contributed by atoms with Gasteiger partial charge in [0.1, 0.15) is 0 Å². The molecule has 1 heterocycles. The van der Waals surface area contributed by atoms with Gasteiger partial charge in [0.2, 0.25) is 0 Å². The fourth-order valence-electron chi connectivity index (χ4n) is 1.85. The molecule has 1 unspecified atom stereocenters. The molecule has 0 aromatic carbocycles. The van der Waals surface area contributed by atoms with E-state index in [2.05, 4.69) is 17.3 Å². The van der Waals surface area contributed by atoms with Crippen molar-refractivity contribution in [3.05, 3.63) is 0 Å². The van der Waals surface area contributed by atoms with Gasteiger partial charge in [-0.2, -0.15) is 0 Å². The Kier molecular flexibility index (Phi) is 6.92. The van der Waals surface area contributed by atoms with Crippen LogP contribution >= 0.6 is 0 Å². The van der Waals surface area contributed by atoms with E-state index in [4.69, 9.17) is 9.47 Å². The SMILES string of the molecule is COCCOCCN(C)C1CCCNC1. The van der Waals surface area contributed by atoms with E-state index in [9.17, 15) is 0 Å². The molecule has 0 radical (unpaired) electrons. The van der Waals surface area contributed by atoms with E-state index >= 15 is 0 Å². The van der Waals surface area contributed by atoms with Crippen LogP contribution in [0.15, 0.2) is 0 Å². The van der Waals surface area contributed by atoms with E-state index in [1.54, 1.807) is 7.11 Å². The highest BCUT2D eigenvalue weighted by molar-refractivity contribution is 4.76. The zero-order valence-corrected chi connectivity index (χ0v) is 10.00. The molecule has 1 aliphatic rings. The third-order valence-electron chi connectivity index (χ3n) is 2.91. The van der Waals surface area contributed by atoms with Crippen LogP contribution < -0.4 is 5.32 Å². The Hall–Kier alpha value is -0.160. The van der Waals surface area contributed by atoms with Gasteiger partial charge in [-0.15, -0.1) is 0 Å². The normalized spacial score (nSPS) is 22.2. The molecule has 1 atom stereocenters. The number of hydrogen-bond donors (Lipinski definition) is 1. The fourth-order valence-corrected chi connectivity index (χ4v) is 1.85. The van der Waals surface area contributed by atoms with E-state index in [1.165, 1.54) is 19.4 Å². The summed E-state index contributed by atoms with van der Waals surface area (Å²) in [6.45, 7) is 5.50. The quantitative estimate of drug-likeness (QED) is 0.622. The number of hydrogen-bond acceptors (Lipinski definition) is 4. The van der Waals surface area contributed by atoms with Crippen LogP contribution in [-0.2, 0) is 9.47 Å². The van der Waals surface area contributed by atoms with Crippen molar-refractivity contribution in [2.45, 2.75) is 18.9 Å². The first kappa shape index (κ1) is 12.9. The smallest absolute Gasteiger partial charge is 0.0700 e. The summed E-state index contributed by atoms with van der Waals surface area (Å²) in [5, 5.41) is 3.42. The van der Waals surface area contributed by atoms with E-state index in [1.807, 2.05) is 0 Å². The van der Waals surface area contributed by atoms with Crippen LogP contribution in [0.3, 0.4) is 0 Å². The minimum Gasteiger partial charge on any atom is -0.382 e. The number of piperidine rings is 1. The Bertz CT molecular complexity index is 150. The van der Waals surface area contributed by atoms with Crippen molar-refractivity contribution in [1.29, 1.82) is 0 Å². The second kappa shape index (κ2) is 8.05. The van der Waals surface area contributed by atoms with Crippen LogP contribution in [0.4, 0.5) is 0 Å². The van der Waals surface area contributed by atoms with E-state index in [0.717, 1.165) is 19.7 Å². The number of likely N-dealkylation sites (N-methyl/N-ethyl adjacent to an activating group) is 1. The molecule has 4 heteroatoms. The van der Waals surface area contributed by atoms with Crippen LogP contribution in [0.2, 0.25) is 0 Å². The van der Waals surface area contributed by atoms with Gasteiger partial charge in [-0.1, -0.05) is 0 Å². The van der Waals surface area contributed by atoms with Crippen molar-refractivity contribution in [2.75, 3.05) is 53.6 Å². The lowest BCUT2D eigenvalue weighted by molar-refractivity contribution is 0.0528. The van der Waals surface area contributed by atoms with Crippen molar-refractivity contribution >= 4 is 0 Å². The molecule has 0 saturated carbocycles. The molecular formula is C11H24N2O2. The van der Waals surface area contributed by atoms with Gasteiger partial charge in [-0.3, -0.25) is 4.90 Å². The van der Waals surface area contributed by atoms with Gasteiger partial charge in [-0.05, 0) is 26.4 Å². The summed E-state index contributed by atoms with van der Waals surface area (Å²) in [6, 6.07) is 0.685. The highest BCUT2D eigenvalue weighted by Gasteiger charge is 2.16. The number of ether oxygens (including phenoxy) is 2. The molecular weight excluding hydrogens is 192 g/mol. The Morgan fingerprint density at radius 2 is 2.20 bits per heavy atom. The average Bonchev–Trinajstić information content (AvgIpc) is 2.30. The third kappa shape index (κ3) is 5.47. The standard InChI is InChI=1S/C11H24N2O2/c1-13(6-7-15-9-8-14-2)11-4-3-5-12-10-11/h11-12H,3-10H2,1-2H3. The Morgan fingerprint density at radius 3 is 2.87 bits per heavy atom. The highest BCUT2D eigenvalue weighted by atomic mass is 16.5. The van der Waals surface area contributed by atoms with Crippen molar-refractivity contribution < 1.29 is 9.47 Å². The van der Waals surface area contributed by atoms with Gasteiger partial charge < -0.3 is 14.8 Å². The lowest BCUT2D eigenvalue weighted by Gasteiger charge is -2.31. The second-order valence-electron chi connectivity index (χ2n) is 4.09. The maximum absolute atomic E-state index is 5.45. The monoisotopic (exact) mass is 216 g/mol. The predicted octanol–water partition coefficient (Wildman–Crippen LogP) is 0.333. The Balaban J connectivity index is 1.99. The molecule has 4 nitrogen and oxygen atoms in total. The lowest BCUT2D eigenvalue weighted by Crippen LogP contribution is -2.45. The fraction of sp³-hybridized carbons (Fsp3) is 1.00. The van der Waals surface area contributed by atoms with Crippen molar-refractivity contribution in [3.63, 3.8) is 0 Å². The van der Waals surface area contributed by atoms with Crippen LogP contribution in [-0.4, -0.2) is 64.6 Å². The van der Waals surface area contributed by atoms with Crippen LogP contribution in [0.1, 0.15) is 12.8 Å². The Morgan fingerprint density at radius 1 is 1.33 bits per heavy atom. The summed E-state index contributed by atoms with van der Waals surface area (Å²) in [6.07, 6.45) is 2.60. The lowest BCUT2D eigenvalue weighted by atomic mass is 10.1.